The molecule has 5 nitrogen and oxygen atoms in total. The molecule has 1 aliphatic rings. The van der Waals surface area contributed by atoms with E-state index in [1.54, 1.807) is 16.2 Å². The molecule has 1 aliphatic heterocycles. The SMILES string of the molecule is NCC(=O)N1CCc2sc(NC=O)cc2C1. The van der Waals surface area contributed by atoms with Gasteiger partial charge in [0.2, 0.25) is 12.3 Å². The largest absolute Gasteiger partial charge is 0.337 e. The van der Waals surface area contributed by atoms with Crippen LogP contribution in [0.4, 0.5) is 5.00 Å². The van der Waals surface area contributed by atoms with Gasteiger partial charge in [0.1, 0.15) is 0 Å². The van der Waals surface area contributed by atoms with Gasteiger partial charge in [0.15, 0.2) is 0 Å². The average molecular weight is 239 g/mol. The number of amides is 2. The number of thiophene rings is 1. The van der Waals surface area contributed by atoms with Crippen molar-refractivity contribution in [2.45, 2.75) is 13.0 Å². The molecule has 2 amide bonds. The van der Waals surface area contributed by atoms with E-state index in [1.165, 1.54) is 4.88 Å². The Kier molecular flexibility index (Phi) is 3.21. The zero-order valence-electron chi connectivity index (χ0n) is 8.73. The number of nitrogens with one attached hydrogen (secondary N) is 1. The minimum Gasteiger partial charge on any atom is -0.337 e. The Morgan fingerprint density at radius 3 is 3.19 bits per heavy atom. The molecule has 2 rings (SSSR count). The van der Waals surface area contributed by atoms with E-state index >= 15 is 0 Å². The van der Waals surface area contributed by atoms with Crippen LogP contribution in [0.15, 0.2) is 6.07 Å². The van der Waals surface area contributed by atoms with E-state index in [0.717, 1.165) is 17.0 Å². The van der Waals surface area contributed by atoms with Crippen molar-refractivity contribution in [1.82, 2.24) is 4.90 Å². The maximum Gasteiger partial charge on any atom is 0.236 e. The van der Waals surface area contributed by atoms with Crippen LogP contribution in [0.25, 0.3) is 0 Å². The highest BCUT2D eigenvalue weighted by atomic mass is 32.1. The van der Waals surface area contributed by atoms with E-state index < -0.39 is 0 Å². The van der Waals surface area contributed by atoms with Crippen molar-refractivity contribution in [2.24, 2.45) is 5.73 Å². The summed E-state index contributed by atoms with van der Waals surface area (Å²) < 4.78 is 0. The van der Waals surface area contributed by atoms with Crippen molar-refractivity contribution < 1.29 is 9.59 Å². The Morgan fingerprint density at radius 2 is 2.50 bits per heavy atom. The lowest BCUT2D eigenvalue weighted by Crippen LogP contribution is -2.39. The molecule has 1 aromatic rings. The first-order valence-corrected chi connectivity index (χ1v) is 5.86. The van der Waals surface area contributed by atoms with Gasteiger partial charge < -0.3 is 16.0 Å². The summed E-state index contributed by atoms with van der Waals surface area (Å²) in [7, 11) is 0. The van der Waals surface area contributed by atoms with Crippen LogP contribution < -0.4 is 11.1 Å². The highest BCUT2D eigenvalue weighted by Crippen LogP contribution is 2.31. The topological polar surface area (TPSA) is 75.4 Å². The fourth-order valence-corrected chi connectivity index (χ4v) is 2.83. The maximum absolute atomic E-state index is 11.4. The van der Waals surface area contributed by atoms with Crippen molar-refractivity contribution in [3.63, 3.8) is 0 Å². The minimum atomic E-state index is -0.0262. The Bertz CT molecular complexity index is 416. The molecule has 0 aromatic carbocycles. The van der Waals surface area contributed by atoms with Gasteiger partial charge in [-0.2, -0.15) is 0 Å². The summed E-state index contributed by atoms with van der Waals surface area (Å²) in [6.45, 7) is 1.37. The standard InChI is InChI=1S/C10H13N3O2S/c11-4-10(15)13-2-1-8-7(5-13)3-9(16-8)12-6-14/h3,6H,1-2,4-5,11H2,(H,12,14). The second-order valence-electron chi connectivity index (χ2n) is 3.59. The fourth-order valence-electron chi connectivity index (χ4n) is 1.80. The third-order valence-electron chi connectivity index (χ3n) is 2.60. The molecule has 0 fully saturated rings. The molecule has 0 saturated heterocycles. The van der Waals surface area contributed by atoms with Gasteiger partial charge in [0.05, 0.1) is 11.5 Å². The van der Waals surface area contributed by atoms with Crippen LogP contribution in [0, 0.1) is 0 Å². The van der Waals surface area contributed by atoms with Gasteiger partial charge in [0.25, 0.3) is 0 Å². The van der Waals surface area contributed by atoms with E-state index in [-0.39, 0.29) is 12.5 Å². The van der Waals surface area contributed by atoms with Gasteiger partial charge in [-0.15, -0.1) is 11.3 Å². The summed E-state index contributed by atoms with van der Waals surface area (Å²) in [5.41, 5.74) is 6.44. The molecule has 0 bridgehead atoms. The van der Waals surface area contributed by atoms with Gasteiger partial charge in [0, 0.05) is 18.0 Å². The number of anilines is 1. The summed E-state index contributed by atoms with van der Waals surface area (Å²) in [5, 5.41) is 3.47. The average Bonchev–Trinajstić information content (AvgIpc) is 2.69. The lowest BCUT2D eigenvalue weighted by Gasteiger charge is -2.26. The van der Waals surface area contributed by atoms with Crippen LogP contribution in [-0.2, 0) is 22.6 Å². The van der Waals surface area contributed by atoms with Crippen LogP contribution in [0.3, 0.4) is 0 Å². The molecule has 0 unspecified atom stereocenters. The first-order valence-electron chi connectivity index (χ1n) is 5.04. The maximum atomic E-state index is 11.4. The summed E-state index contributed by atoms with van der Waals surface area (Å²) >= 11 is 1.57. The van der Waals surface area contributed by atoms with Crippen LogP contribution >= 0.6 is 11.3 Å². The monoisotopic (exact) mass is 239 g/mol. The van der Waals surface area contributed by atoms with Gasteiger partial charge in [-0.3, -0.25) is 9.59 Å². The van der Waals surface area contributed by atoms with Crippen LogP contribution in [-0.4, -0.2) is 30.3 Å². The van der Waals surface area contributed by atoms with E-state index in [2.05, 4.69) is 5.32 Å². The van der Waals surface area contributed by atoms with Crippen molar-refractivity contribution in [1.29, 1.82) is 0 Å². The molecule has 16 heavy (non-hydrogen) atoms. The number of carbonyl (C=O) groups excluding carboxylic acids is 2. The van der Waals surface area contributed by atoms with Gasteiger partial charge in [-0.25, -0.2) is 0 Å². The zero-order chi connectivity index (χ0) is 11.5. The molecule has 0 aliphatic carbocycles. The third-order valence-corrected chi connectivity index (χ3v) is 3.76. The number of hydrogen-bond acceptors (Lipinski definition) is 4. The normalized spacial score (nSPS) is 14.4. The van der Waals surface area contributed by atoms with Crippen molar-refractivity contribution in [3.8, 4) is 0 Å². The first kappa shape index (κ1) is 11.1. The van der Waals surface area contributed by atoms with Crippen molar-refractivity contribution in [3.05, 3.63) is 16.5 Å². The lowest BCUT2D eigenvalue weighted by molar-refractivity contribution is -0.130. The predicted octanol–water partition coefficient (Wildman–Crippen LogP) is 0.160. The molecule has 0 saturated carbocycles. The molecule has 0 radical (unpaired) electrons. The third kappa shape index (κ3) is 2.07. The molecular weight excluding hydrogens is 226 g/mol. The summed E-state index contributed by atoms with van der Waals surface area (Å²) in [6.07, 6.45) is 1.51. The molecule has 2 heterocycles. The number of fused-ring (bicyclic) bond motifs is 1. The molecular formula is C10H13N3O2S. The van der Waals surface area contributed by atoms with Crippen molar-refractivity contribution >= 4 is 28.7 Å². The van der Waals surface area contributed by atoms with E-state index in [4.69, 9.17) is 5.73 Å². The Morgan fingerprint density at radius 1 is 1.69 bits per heavy atom. The molecule has 0 atom stereocenters. The van der Waals surface area contributed by atoms with Crippen LogP contribution in [0.1, 0.15) is 10.4 Å². The first-order chi connectivity index (χ1) is 7.74. The Labute approximate surface area is 97.2 Å². The number of hydrogen-bond donors (Lipinski definition) is 2. The summed E-state index contributed by atoms with van der Waals surface area (Å²) in [6, 6.07) is 1.92. The molecule has 3 N–H and O–H groups in total. The Hall–Kier alpha value is -1.40. The molecule has 1 aromatic heterocycles. The smallest absolute Gasteiger partial charge is 0.236 e. The number of carbonyl (C=O) groups is 2. The van der Waals surface area contributed by atoms with E-state index in [9.17, 15) is 9.59 Å². The Balaban J connectivity index is 2.13. The molecule has 86 valence electrons. The highest BCUT2D eigenvalue weighted by Gasteiger charge is 2.21. The number of nitrogens with zero attached hydrogens (tertiary/aromatic N) is 1. The van der Waals surface area contributed by atoms with Gasteiger partial charge in [-0.05, 0) is 18.1 Å². The summed E-state index contributed by atoms with van der Waals surface area (Å²) in [5.74, 6) is -0.0262. The van der Waals surface area contributed by atoms with Crippen molar-refractivity contribution in [2.75, 3.05) is 18.4 Å². The second-order valence-corrected chi connectivity index (χ2v) is 4.73. The van der Waals surface area contributed by atoms with Crippen LogP contribution in [0.2, 0.25) is 0 Å². The second kappa shape index (κ2) is 4.63. The van der Waals surface area contributed by atoms with Crippen LogP contribution in [0.5, 0.6) is 0 Å². The minimum absolute atomic E-state index is 0.0262. The highest BCUT2D eigenvalue weighted by molar-refractivity contribution is 7.16. The number of rotatable bonds is 3. The fraction of sp³-hybridized carbons (Fsp3) is 0.400. The van der Waals surface area contributed by atoms with Gasteiger partial charge in [-0.1, -0.05) is 0 Å². The predicted molar refractivity (Wildman–Crippen MR) is 62.2 cm³/mol. The molecule has 6 heteroatoms. The zero-order valence-corrected chi connectivity index (χ0v) is 9.55. The molecule has 0 spiro atoms. The van der Waals surface area contributed by atoms with E-state index in [1.807, 2.05) is 6.07 Å². The van der Waals surface area contributed by atoms with Gasteiger partial charge >= 0.3 is 0 Å². The lowest BCUT2D eigenvalue weighted by atomic mass is 10.1. The summed E-state index contributed by atoms with van der Waals surface area (Å²) in [4.78, 5) is 24.8. The quantitative estimate of drug-likeness (QED) is 0.738. The van der Waals surface area contributed by atoms with E-state index in [0.29, 0.717) is 19.5 Å². The number of nitrogens with two attached hydrogens (primary N) is 1.